The zero-order valence-electron chi connectivity index (χ0n) is 18.6. The minimum atomic E-state index is -0.568. The minimum Gasteiger partial charge on any atom is -0.462 e. The van der Waals surface area contributed by atoms with E-state index in [9.17, 15) is 14.0 Å². The SMILES string of the molecule is CCOC(=O)c1sc(NC(=S)Nc2nn(Cc3ccc(F)cc3)cc2Br)c(C(=O)OCC)c1C. The fourth-order valence-corrected chi connectivity index (χ4v) is 4.79. The molecule has 0 saturated carbocycles. The van der Waals surface area contributed by atoms with Gasteiger partial charge in [0.05, 0.1) is 29.8 Å². The molecule has 0 spiro atoms. The van der Waals surface area contributed by atoms with Crippen molar-refractivity contribution in [3.63, 3.8) is 0 Å². The molecule has 0 amide bonds. The zero-order chi connectivity index (χ0) is 24.8. The number of thiophene rings is 1. The Balaban J connectivity index is 1.78. The van der Waals surface area contributed by atoms with Crippen molar-refractivity contribution < 1.29 is 23.5 Å². The Hall–Kier alpha value is -2.83. The van der Waals surface area contributed by atoms with Crippen LogP contribution in [0.3, 0.4) is 0 Å². The standard InChI is InChI=1S/C22H22BrFN4O4S2/c1-4-31-20(29)16-12(3)17(21(30)32-5-2)34-19(16)26-22(33)25-18-15(23)11-28(27-18)10-13-6-8-14(24)9-7-13/h6-9,11H,4-5,10H2,1-3H3,(H2,25,26,27,33). The molecule has 2 heterocycles. The van der Waals surface area contributed by atoms with E-state index in [-0.39, 0.29) is 29.7 Å². The number of hydrogen-bond donors (Lipinski definition) is 2. The first-order valence-electron chi connectivity index (χ1n) is 10.3. The van der Waals surface area contributed by atoms with Crippen LogP contribution in [0.1, 0.15) is 45.0 Å². The number of rotatable bonds is 8. The number of ether oxygens (including phenoxy) is 2. The first-order valence-corrected chi connectivity index (χ1v) is 12.3. The molecule has 1 aromatic carbocycles. The summed E-state index contributed by atoms with van der Waals surface area (Å²) in [5.74, 6) is -0.955. The van der Waals surface area contributed by atoms with E-state index in [0.29, 0.717) is 32.3 Å². The molecule has 3 aromatic rings. The van der Waals surface area contributed by atoms with Gasteiger partial charge in [0.2, 0.25) is 0 Å². The average molecular weight is 569 g/mol. The molecule has 34 heavy (non-hydrogen) atoms. The normalized spacial score (nSPS) is 10.6. The second kappa shape index (κ2) is 11.5. The van der Waals surface area contributed by atoms with E-state index in [1.165, 1.54) is 12.1 Å². The fraction of sp³-hybridized carbons (Fsp3) is 0.273. The fourth-order valence-electron chi connectivity index (χ4n) is 3.02. The molecule has 3 rings (SSSR count). The van der Waals surface area contributed by atoms with Gasteiger partial charge in [-0.15, -0.1) is 11.3 Å². The third-order valence-electron chi connectivity index (χ3n) is 4.52. The smallest absolute Gasteiger partial charge is 0.348 e. The lowest BCUT2D eigenvalue weighted by atomic mass is 10.1. The molecule has 12 heteroatoms. The van der Waals surface area contributed by atoms with Crippen LogP contribution < -0.4 is 10.6 Å². The summed E-state index contributed by atoms with van der Waals surface area (Å²) >= 11 is 9.91. The Morgan fingerprint density at radius 2 is 1.79 bits per heavy atom. The maximum atomic E-state index is 13.1. The number of esters is 2. The number of carbonyl (C=O) groups excluding carboxylic acids is 2. The minimum absolute atomic E-state index is 0.162. The summed E-state index contributed by atoms with van der Waals surface area (Å²) in [4.78, 5) is 25.2. The van der Waals surface area contributed by atoms with E-state index >= 15 is 0 Å². The van der Waals surface area contributed by atoms with Gasteiger partial charge < -0.3 is 20.1 Å². The molecule has 0 aliphatic heterocycles. The van der Waals surface area contributed by atoms with Gasteiger partial charge in [-0.25, -0.2) is 14.0 Å². The van der Waals surface area contributed by atoms with Gasteiger partial charge in [0.1, 0.15) is 15.7 Å². The maximum Gasteiger partial charge on any atom is 0.348 e. The Labute approximate surface area is 213 Å². The van der Waals surface area contributed by atoms with E-state index in [0.717, 1.165) is 16.9 Å². The van der Waals surface area contributed by atoms with Gasteiger partial charge >= 0.3 is 11.9 Å². The molecule has 0 unspecified atom stereocenters. The van der Waals surface area contributed by atoms with E-state index in [2.05, 4.69) is 31.7 Å². The van der Waals surface area contributed by atoms with Crippen LogP contribution in [0.4, 0.5) is 15.2 Å². The molecular formula is C22H22BrFN4O4S2. The molecule has 0 saturated heterocycles. The van der Waals surface area contributed by atoms with Gasteiger partial charge in [0.25, 0.3) is 0 Å². The van der Waals surface area contributed by atoms with Gasteiger partial charge in [0, 0.05) is 6.20 Å². The summed E-state index contributed by atoms with van der Waals surface area (Å²) in [7, 11) is 0. The predicted octanol–water partition coefficient (Wildman–Crippen LogP) is 5.37. The van der Waals surface area contributed by atoms with Crippen molar-refractivity contribution in [2.75, 3.05) is 23.8 Å². The van der Waals surface area contributed by atoms with Gasteiger partial charge in [-0.05, 0) is 72.2 Å². The molecule has 2 aromatic heterocycles. The van der Waals surface area contributed by atoms with Crippen molar-refractivity contribution in [3.05, 3.63) is 62.3 Å². The van der Waals surface area contributed by atoms with Crippen LogP contribution in [0.5, 0.6) is 0 Å². The molecule has 2 N–H and O–H groups in total. The summed E-state index contributed by atoms with van der Waals surface area (Å²) in [5.41, 5.74) is 1.56. The van der Waals surface area contributed by atoms with E-state index in [1.807, 2.05) is 0 Å². The number of aromatic nitrogens is 2. The second-order valence-electron chi connectivity index (χ2n) is 6.93. The summed E-state index contributed by atoms with van der Waals surface area (Å²) in [5, 5.41) is 10.9. The number of thiocarbonyl (C=S) groups is 1. The van der Waals surface area contributed by atoms with Crippen LogP contribution >= 0.6 is 39.5 Å². The van der Waals surface area contributed by atoms with Crippen molar-refractivity contribution in [2.24, 2.45) is 0 Å². The Morgan fingerprint density at radius 3 is 2.44 bits per heavy atom. The monoisotopic (exact) mass is 568 g/mol. The topological polar surface area (TPSA) is 94.5 Å². The lowest BCUT2D eigenvalue weighted by Crippen LogP contribution is -2.21. The van der Waals surface area contributed by atoms with Crippen molar-refractivity contribution in [2.45, 2.75) is 27.3 Å². The molecule has 0 aliphatic carbocycles. The molecule has 0 radical (unpaired) electrons. The highest BCUT2D eigenvalue weighted by molar-refractivity contribution is 9.10. The van der Waals surface area contributed by atoms with E-state index < -0.39 is 11.9 Å². The van der Waals surface area contributed by atoms with Crippen LogP contribution in [-0.4, -0.2) is 40.0 Å². The summed E-state index contributed by atoms with van der Waals surface area (Å²) < 4.78 is 25.7. The number of nitrogens with zero attached hydrogens (tertiary/aromatic N) is 2. The Kier molecular flexibility index (Phi) is 8.75. The van der Waals surface area contributed by atoms with Gasteiger partial charge in [-0.3, -0.25) is 4.68 Å². The molecule has 0 bridgehead atoms. The Bertz CT molecular complexity index is 1210. The van der Waals surface area contributed by atoms with E-state index in [4.69, 9.17) is 21.7 Å². The first kappa shape index (κ1) is 25.8. The quantitative estimate of drug-likeness (QED) is 0.277. The maximum absolute atomic E-state index is 13.1. The van der Waals surface area contributed by atoms with Gasteiger partial charge in [0.15, 0.2) is 10.9 Å². The number of anilines is 2. The van der Waals surface area contributed by atoms with Crippen LogP contribution in [0, 0.1) is 12.7 Å². The zero-order valence-corrected chi connectivity index (χ0v) is 21.8. The molecule has 0 fully saturated rings. The first-order chi connectivity index (χ1) is 16.2. The largest absolute Gasteiger partial charge is 0.462 e. The average Bonchev–Trinajstić information content (AvgIpc) is 3.28. The lowest BCUT2D eigenvalue weighted by Gasteiger charge is -2.10. The lowest BCUT2D eigenvalue weighted by molar-refractivity contribution is 0.0527. The molecule has 8 nitrogen and oxygen atoms in total. The number of hydrogen-bond acceptors (Lipinski definition) is 7. The highest BCUT2D eigenvalue weighted by atomic mass is 79.9. The number of benzene rings is 1. The van der Waals surface area contributed by atoms with E-state index in [1.54, 1.807) is 43.8 Å². The Morgan fingerprint density at radius 1 is 1.15 bits per heavy atom. The number of carbonyl (C=O) groups is 2. The van der Waals surface area contributed by atoms with Crippen molar-refractivity contribution in [3.8, 4) is 0 Å². The van der Waals surface area contributed by atoms with Crippen molar-refractivity contribution in [1.82, 2.24) is 9.78 Å². The highest BCUT2D eigenvalue weighted by Crippen LogP contribution is 2.34. The number of nitrogens with one attached hydrogen (secondary N) is 2. The summed E-state index contributed by atoms with van der Waals surface area (Å²) in [6.45, 7) is 5.89. The third kappa shape index (κ3) is 6.19. The molecular weight excluding hydrogens is 547 g/mol. The summed E-state index contributed by atoms with van der Waals surface area (Å²) in [6, 6.07) is 6.14. The van der Waals surface area contributed by atoms with Crippen molar-refractivity contribution in [1.29, 1.82) is 0 Å². The van der Waals surface area contributed by atoms with Crippen LogP contribution in [0.2, 0.25) is 0 Å². The van der Waals surface area contributed by atoms with Crippen LogP contribution in [0.15, 0.2) is 34.9 Å². The number of halogens is 2. The predicted molar refractivity (Wildman–Crippen MR) is 136 cm³/mol. The third-order valence-corrected chi connectivity index (χ3v) is 6.49. The van der Waals surface area contributed by atoms with Crippen LogP contribution in [-0.2, 0) is 16.0 Å². The molecule has 0 atom stereocenters. The second-order valence-corrected chi connectivity index (χ2v) is 9.21. The molecule has 0 aliphatic rings. The van der Waals surface area contributed by atoms with Crippen molar-refractivity contribution >= 4 is 67.4 Å². The van der Waals surface area contributed by atoms with Crippen LogP contribution in [0.25, 0.3) is 0 Å². The highest BCUT2D eigenvalue weighted by Gasteiger charge is 2.27. The van der Waals surface area contributed by atoms with Gasteiger partial charge in [-0.1, -0.05) is 12.1 Å². The van der Waals surface area contributed by atoms with Gasteiger partial charge in [-0.2, -0.15) is 5.10 Å². The molecule has 180 valence electrons. The summed E-state index contributed by atoms with van der Waals surface area (Å²) in [6.07, 6.45) is 1.76.